The lowest BCUT2D eigenvalue weighted by Crippen LogP contribution is -2.04. The van der Waals surface area contributed by atoms with Crippen LogP contribution in [0.4, 0.5) is 13.2 Å². The molecule has 0 spiro atoms. The van der Waals surface area contributed by atoms with Crippen molar-refractivity contribution in [3.63, 3.8) is 0 Å². The minimum atomic E-state index is -4.37. The molecule has 0 aliphatic heterocycles. The highest BCUT2D eigenvalue weighted by Gasteiger charge is 2.29. The normalized spacial score (nSPS) is 10.8. The maximum atomic E-state index is 12.5. The highest BCUT2D eigenvalue weighted by molar-refractivity contribution is 5.72. The van der Waals surface area contributed by atoms with Crippen LogP contribution in [0.25, 0.3) is 11.1 Å². The maximum absolute atomic E-state index is 12.5. The van der Waals surface area contributed by atoms with Crippen molar-refractivity contribution in [3.05, 3.63) is 89.5 Å². The predicted molar refractivity (Wildman–Crippen MR) is 107 cm³/mol. The molecule has 0 amide bonds. The summed E-state index contributed by atoms with van der Waals surface area (Å²) in [5, 5.41) is 8.91. The van der Waals surface area contributed by atoms with E-state index in [-0.39, 0.29) is 13.0 Å². The van der Waals surface area contributed by atoms with Crippen molar-refractivity contribution >= 4 is 5.97 Å². The van der Waals surface area contributed by atoms with Gasteiger partial charge in [0.05, 0.1) is 12.0 Å². The van der Waals surface area contributed by atoms with Crippen molar-refractivity contribution in [2.45, 2.75) is 12.6 Å². The molecule has 3 rings (SSSR count). The van der Waals surface area contributed by atoms with Gasteiger partial charge in [0.15, 0.2) is 0 Å². The first-order chi connectivity index (χ1) is 14.3. The standard InChI is InChI=1S/C24H17F3O3/c25-24(26,27)21-10-12-22(13-11-21)30-14-2-4-17-6-8-19(9-7-17)20-5-1-3-18(15-20)16-23(28)29/h1,3,5-13,15H,14,16H2,(H,28,29). The fourth-order valence-corrected chi connectivity index (χ4v) is 2.78. The minimum Gasteiger partial charge on any atom is -0.481 e. The van der Waals surface area contributed by atoms with Gasteiger partial charge in [-0.3, -0.25) is 4.79 Å². The van der Waals surface area contributed by atoms with Crippen LogP contribution in [0.15, 0.2) is 72.8 Å². The van der Waals surface area contributed by atoms with Gasteiger partial charge in [0.25, 0.3) is 0 Å². The molecular weight excluding hydrogens is 393 g/mol. The van der Waals surface area contributed by atoms with Crippen molar-refractivity contribution in [1.82, 2.24) is 0 Å². The lowest BCUT2D eigenvalue weighted by Gasteiger charge is -2.07. The Morgan fingerprint density at radius 2 is 1.63 bits per heavy atom. The Bertz CT molecular complexity index is 1070. The fourth-order valence-electron chi connectivity index (χ4n) is 2.78. The summed E-state index contributed by atoms with van der Waals surface area (Å²) in [6.07, 6.45) is -4.40. The van der Waals surface area contributed by atoms with Crippen LogP contribution in [-0.2, 0) is 17.4 Å². The molecule has 0 unspecified atom stereocenters. The number of rotatable bonds is 5. The van der Waals surface area contributed by atoms with E-state index in [1.807, 2.05) is 42.5 Å². The molecule has 0 aromatic heterocycles. The van der Waals surface area contributed by atoms with Crippen molar-refractivity contribution in [2.24, 2.45) is 0 Å². The smallest absolute Gasteiger partial charge is 0.416 e. The van der Waals surface area contributed by atoms with Crippen LogP contribution in [-0.4, -0.2) is 17.7 Å². The number of ether oxygens (including phenoxy) is 1. The first-order valence-corrected chi connectivity index (χ1v) is 9.01. The molecule has 0 saturated carbocycles. The van der Waals surface area contributed by atoms with E-state index in [2.05, 4.69) is 11.8 Å². The van der Waals surface area contributed by atoms with E-state index >= 15 is 0 Å². The molecule has 0 radical (unpaired) electrons. The lowest BCUT2D eigenvalue weighted by atomic mass is 10.0. The van der Waals surface area contributed by atoms with Gasteiger partial charge in [-0.05, 0) is 53.1 Å². The summed E-state index contributed by atoms with van der Waals surface area (Å²) in [7, 11) is 0. The number of hydrogen-bond acceptors (Lipinski definition) is 2. The molecule has 0 atom stereocenters. The zero-order valence-corrected chi connectivity index (χ0v) is 15.7. The van der Waals surface area contributed by atoms with Gasteiger partial charge in [0.2, 0.25) is 0 Å². The first-order valence-electron chi connectivity index (χ1n) is 9.01. The number of aliphatic carboxylic acids is 1. The molecule has 3 aromatic carbocycles. The highest BCUT2D eigenvalue weighted by Crippen LogP contribution is 2.30. The van der Waals surface area contributed by atoms with Crippen LogP contribution in [0.2, 0.25) is 0 Å². The molecular formula is C24H17F3O3. The molecule has 0 saturated heterocycles. The summed E-state index contributed by atoms with van der Waals surface area (Å²) in [5.74, 6) is 5.19. The third kappa shape index (κ3) is 5.89. The monoisotopic (exact) mass is 410 g/mol. The first kappa shape index (κ1) is 21.0. The van der Waals surface area contributed by atoms with Gasteiger partial charge in [-0.2, -0.15) is 13.2 Å². The lowest BCUT2D eigenvalue weighted by molar-refractivity contribution is -0.138. The average Bonchev–Trinajstić information content (AvgIpc) is 2.71. The molecule has 0 aliphatic carbocycles. The number of carboxylic acid groups (broad SMARTS) is 1. The number of benzene rings is 3. The highest BCUT2D eigenvalue weighted by atomic mass is 19.4. The Morgan fingerprint density at radius 3 is 2.27 bits per heavy atom. The number of carboxylic acids is 1. The van der Waals surface area contributed by atoms with Gasteiger partial charge in [-0.25, -0.2) is 0 Å². The van der Waals surface area contributed by atoms with Gasteiger partial charge in [-0.1, -0.05) is 48.2 Å². The summed E-state index contributed by atoms with van der Waals surface area (Å²) in [6, 6.07) is 19.2. The van der Waals surface area contributed by atoms with Crippen molar-refractivity contribution in [2.75, 3.05) is 6.61 Å². The van der Waals surface area contributed by atoms with Crippen LogP contribution >= 0.6 is 0 Å². The predicted octanol–water partition coefficient (Wildman–Crippen LogP) is 5.43. The van der Waals surface area contributed by atoms with Crippen molar-refractivity contribution < 1.29 is 27.8 Å². The maximum Gasteiger partial charge on any atom is 0.416 e. The average molecular weight is 410 g/mol. The molecule has 0 bridgehead atoms. The Balaban J connectivity index is 1.59. The molecule has 0 heterocycles. The Kier molecular flexibility index (Phi) is 6.43. The molecule has 0 aliphatic rings. The topological polar surface area (TPSA) is 46.5 Å². The number of alkyl halides is 3. The van der Waals surface area contributed by atoms with E-state index in [0.717, 1.165) is 34.4 Å². The Morgan fingerprint density at radius 1 is 0.933 bits per heavy atom. The van der Waals surface area contributed by atoms with Gasteiger partial charge in [0, 0.05) is 5.56 Å². The van der Waals surface area contributed by atoms with E-state index in [9.17, 15) is 18.0 Å². The number of hydrogen-bond donors (Lipinski definition) is 1. The van der Waals surface area contributed by atoms with Gasteiger partial charge < -0.3 is 9.84 Å². The van der Waals surface area contributed by atoms with Crippen molar-refractivity contribution in [1.29, 1.82) is 0 Å². The molecule has 3 nitrogen and oxygen atoms in total. The summed E-state index contributed by atoms with van der Waals surface area (Å²) >= 11 is 0. The van der Waals surface area contributed by atoms with E-state index in [4.69, 9.17) is 9.84 Å². The SMILES string of the molecule is O=C(O)Cc1cccc(-c2ccc(C#CCOc3ccc(C(F)(F)F)cc3)cc2)c1. The minimum absolute atomic E-state index is 0.0314. The molecule has 1 N–H and O–H groups in total. The summed E-state index contributed by atoms with van der Waals surface area (Å²) in [5.41, 5.74) is 2.61. The van der Waals surface area contributed by atoms with Crippen LogP contribution in [0.1, 0.15) is 16.7 Å². The zero-order valence-electron chi connectivity index (χ0n) is 15.7. The van der Waals surface area contributed by atoms with Crippen molar-refractivity contribution in [3.8, 4) is 28.7 Å². The van der Waals surface area contributed by atoms with Gasteiger partial charge in [-0.15, -0.1) is 0 Å². The molecule has 6 heteroatoms. The largest absolute Gasteiger partial charge is 0.481 e. The second-order valence-electron chi connectivity index (χ2n) is 6.46. The van der Waals surface area contributed by atoms with E-state index in [1.54, 1.807) is 6.07 Å². The molecule has 0 fully saturated rings. The zero-order chi connectivity index (χ0) is 21.6. The molecule has 30 heavy (non-hydrogen) atoms. The molecule has 3 aromatic rings. The second kappa shape index (κ2) is 9.19. The summed E-state index contributed by atoms with van der Waals surface area (Å²) in [6.45, 7) is 0.0460. The number of halogens is 3. The van der Waals surface area contributed by atoms with Crippen LogP contribution in [0, 0.1) is 11.8 Å². The van der Waals surface area contributed by atoms with E-state index in [1.165, 1.54) is 12.1 Å². The third-order valence-electron chi connectivity index (χ3n) is 4.23. The summed E-state index contributed by atoms with van der Waals surface area (Å²) < 4.78 is 42.9. The van der Waals surface area contributed by atoms with Crippen LogP contribution in [0.3, 0.4) is 0 Å². The van der Waals surface area contributed by atoms with E-state index < -0.39 is 17.7 Å². The third-order valence-corrected chi connectivity index (χ3v) is 4.23. The van der Waals surface area contributed by atoms with Crippen LogP contribution in [0.5, 0.6) is 5.75 Å². The Hall–Kier alpha value is -3.72. The molecule has 152 valence electrons. The fraction of sp³-hybridized carbons (Fsp3) is 0.125. The van der Waals surface area contributed by atoms with E-state index in [0.29, 0.717) is 5.75 Å². The summed E-state index contributed by atoms with van der Waals surface area (Å²) in [4.78, 5) is 10.9. The van der Waals surface area contributed by atoms with Crippen LogP contribution < -0.4 is 4.74 Å². The quantitative estimate of drug-likeness (QED) is 0.571. The Labute approximate surface area is 171 Å². The number of carbonyl (C=O) groups is 1. The van der Waals surface area contributed by atoms with Gasteiger partial charge in [0.1, 0.15) is 12.4 Å². The van der Waals surface area contributed by atoms with Gasteiger partial charge >= 0.3 is 12.1 Å². The second-order valence-corrected chi connectivity index (χ2v) is 6.46.